The second-order valence-electron chi connectivity index (χ2n) is 10.2. The fourth-order valence-electron chi connectivity index (χ4n) is 4.28. The summed E-state index contributed by atoms with van der Waals surface area (Å²) in [6.07, 6.45) is -2.98. The highest BCUT2D eigenvalue weighted by atomic mass is 35.5. The number of nitrogens with zero attached hydrogens (tertiary/aromatic N) is 2. The van der Waals surface area contributed by atoms with Crippen LogP contribution in [0, 0.1) is 11.3 Å². The van der Waals surface area contributed by atoms with Crippen LogP contribution in [0.2, 0.25) is 5.02 Å². The number of nitrogens with one attached hydrogen (secondary N) is 2. The van der Waals surface area contributed by atoms with Crippen molar-refractivity contribution in [2.45, 2.75) is 72.3 Å². The summed E-state index contributed by atoms with van der Waals surface area (Å²) in [5.41, 5.74) is -1.75. The largest absolute Gasteiger partial charge is 0.434 e. The van der Waals surface area contributed by atoms with Gasteiger partial charge in [-0.25, -0.2) is 0 Å². The van der Waals surface area contributed by atoms with E-state index in [2.05, 4.69) is 27.4 Å². The van der Waals surface area contributed by atoms with Gasteiger partial charge in [-0.05, 0) is 56.3 Å². The molecule has 1 aliphatic rings. The average molecular weight is 615 g/mol. The van der Waals surface area contributed by atoms with Gasteiger partial charge in [0, 0.05) is 24.7 Å². The van der Waals surface area contributed by atoms with E-state index in [-0.39, 0.29) is 45.9 Å². The highest BCUT2D eigenvalue weighted by Gasteiger charge is 2.47. The minimum Gasteiger partial charge on any atom is -0.434 e. The first-order valence-electron chi connectivity index (χ1n) is 12.5. The Morgan fingerprint density at radius 3 is 2.45 bits per heavy atom. The van der Waals surface area contributed by atoms with Gasteiger partial charge in [0.15, 0.2) is 5.69 Å². The maximum Gasteiger partial charge on any atom is 0.394 e. The van der Waals surface area contributed by atoms with E-state index < -0.39 is 42.1 Å². The summed E-state index contributed by atoms with van der Waals surface area (Å²) in [7, 11) is 0. The molecular weight excluding hydrogens is 583 g/mol. The molecule has 1 saturated heterocycles. The lowest BCUT2D eigenvalue weighted by Gasteiger charge is -2.28. The third-order valence-electron chi connectivity index (χ3n) is 6.61. The highest BCUT2D eigenvalue weighted by Crippen LogP contribution is 2.43. The van der Waals surface area contributed by atoms with Crippen LogP contribution in [0.1, 0.15) is 56.6 Å². The van der Waals surface area contributed by atoms with E-state index in [1.165, 1.54) is 16.8 Å². The van der Waals surface area contributed by atoms with E-state index in [4.69, 9.17) is 20.0 Å². The van der Waals surface area contributed by atoms with Crippen molar-refractivity contribution in [1.29, 1.82) is 0 Å². The fourth-order valence-corrected chi connectivity index (χ4v) is 4.60. The van der Waals surface area contributed by atoms with Crippen LogP contribution in [0.5, 0.6) is 5.75 Å². The predicted octanol–water partition coefficient (Wildman–Crippen LogP) is 5.40. The van der Waals surface area contributed by atoms with Crippen LogP contribution in [-0.4, -0.2) is 56.0 Å². The molecule has 0 spiro atoms. The first-order chi connectivity index (χ1) is 18.6. The molecule has 3 rings (SSSR count). The lowest BCUT2D eigenvalue weighted by atomic mass is 9.84. The molecule has 0 radical (unpaired) electrons. The molecule has 2 N–H and O–H groups in total. The topological polar surface area (TPSA) is 102 Å². The first-order valence-corrected chi connectivity index (χ1v) is 13.5. The molecule has 1 amide bonds. The second kappa shape index (κ2) is 14.4. The number of amides is 1. The monoisotopic (exact) mass is 614 g/mol. The Morgan fingerprint density at radius 2 is 1.93 bits per heavy atom. The number of alkyl halides is 5. The molecule has 40 heavy (non-hydrogen) atoms. The Balaban J connectivity index is 0.00000178. The third kappa shape index (κ3) is 8.71. The number of hydrogen-bond donors (Lipinski definition) is 2. The summed E-state index contributed by atoms with van der Waals surface area (Å²) in [6, 6.07) is 4.03. The number of rotatable bonds is 9. The van der Waals surface area contributed by atoms with Gasteiger partial charge in [0.2, 0.25) is 0 Å². The van der Waals surface area contributed by atoms with Gasteiger partial charge in [0.1, 0.15) is 5.75 Å². The summed E-state index contributed by atoms with van der Waals surface area (Å²) in [6.45, 7) is 4.21. The molecule has 2 atom stereocenters. The minimum absolute atomic E-state index is 0.0629. The van der Waals surface area contributed by atoms with Crippen molar-refractivity contribution < 1.29 is 39.9 Å². The molecular formula is C25H32ClF5N4O4S. The zero-order valence-electron chi connectivity index (χ0n) is 22.4. The number of carbonyl (C=O) groups excluding carboxylic acids is 1. The van der Waals surface area contributed by atoms with Crippen molar-refractivity contribution in [1.82, 2.24) is 20.4 Å². The Bertz CT molecular complexity index is 1190. The van der Waals surface area contributed by atoms with Crippen LogP contribution in [0.15, 0.2) is 18.2 Å². The normalized spacial score (nSPS) is 17.7. The molecule has 2 aromatic rings. The lowest BCUT2D eigenvalue weighted by molar-refractivity contribution is -0.211. The van der Waals surface area contributed by atoms with Crippen molar-refractivity contribution in [3.05, 3.63) is 34.5 Å². The smallest absolute Gasteiger partial charge is 0.394 e. The van der Waals surface area contributed by atoms with Crippen LogP contribution >= 0.6 is 11.6 Å². The van der Waals surface area contributed by atoms with Crippen molar-refractivity contribution in [3.63, 3.8) is 0 Å². The van der Waals surface area contributed by atoms with Crippen LogP contribution in [0.4, 0.5) is 22.0 Å². The van der Waals surface area contributed by atoms with Crippen LogP contribution in [-0.2, 0) is 24.5 Å². The van der Waals surface area contributed by atoms with Gasteiger partial charge >= 0.3 is 24.4 Å². The summed E-state index contributed by atoms with van der Waals surface area (Å²) in [5, 5.41) is 10.4. The quantitative estimate of drug-likeness (QED) is 0.367. The highest BCUT2D eigenvalue weighted by molar-refractivity contribution is 7.51. The summed E-state index contributed by atoms with van der Waals surface area (Å²) in [4.78, 5) is 12.9. The summed E-state index contributed by atoms with van der Waals surface area (Å²) in [5.74, 6) is -0.298. The number of piperidine rings is 1. The number of hydrogen-bond acceptors (Lipinski definition) is 6. The second-order valence-corrected chi connectivity index (χ2v) is 10.7. The van der Waals surface area contributed by atoms with Crippen LogP contribution in [0.25, 0.3) is 11.3 Å². The number of ether oxygens (including phenoxy) is 1. The summed E-state index contributed by atoms with van der Waals surface area (Å²) >= 11 is 5.79. The molecule has 15 heteroatoms. The van der Waals surface area contributed by atoms with Gasteiger partial charge in [-0.2, -0.15) is 35.5 Å². The van der Waals surface area contributed by atoms with E-state index in [9.17, 15) is 26.7 Å². The van der Waals surface area contributed by atoms with Crippen molar-refractivity contribution in [2.75, 3.05) is 13.1 Å². The number of carbonyl (C=O) groups is 1. The number of halogens is 6. The van der Waals surface area contributed by atoms with E-state index >= 15 is 0 Å². The van der Waals surface area contributed by atoms with Crippen LogP contribution in [0.3, 0.4) is 0 Å². The molecule has 1 aliphatic heterocycles. The Morgan fingerprint density at radius 1 is 1.27 bits per heavy atom. The first kappa shape index (κ1) is 33.6. The van der Waals surface area contributed by atoms with Crippen molar-refractivity contribution >= 4 is 29.1 Å². The Hall–Kier alpha value is -2.58. The maximum absolute atomic E-state index is 13.4. The predicted molar refractivity (Wildman–Crippen MR) is 140 cm³/mol. The minimum atomic E-state index is -4.49. The molecule has 1 aromatic carbocycles. The molecule has 0 aliphatic carbocycles. The van der Waals surface area contributed by atoms with Gasteiger partial charge in [0.05, 0.1) is 16.1 Å². The summed E-state index contributed by atoms with van der Waals surface area (Å²) < 4.78 is 89.3. The Labute approximate surface area is 237 Å². The molecule has 1 aromatic heterocycles. The molecule has 1 fully saturated rings. The number of aromatic nitrogens is 2. The lowest BCUT2D eigenvalue weighted by Crippen LogP contribution is -2.45. The number of aryl methyl sites for hydroxylation is 1. The molecule has 0 saturated carbocycles. The van der Waals surface area contributed by atoms with Crippen molar-refractivity contribution in [2.24, 2.45) is 11.3 Å². The third-order valence-corrected chi connectivity index (χ3v) is 6.97. The van der Waals surface area contributed by atoms with Gasteiger partial charge < -0.3 is 15.4 Å². The van der Waals surface area contributed by atoms with E-state index in [0.717, 1.165) is 39.3 Å². The molecule has 224 valence electrons. The van der Waals surface area contributed by atoms with Crippen molar-refractivity contribution in [3.8, 4) is 17.0 Å². The SMILES string of the molecule is CCn1nc(C(=O)NC[C@@H]2CC[C@H](C)CN2)c(Cl)c1-c1ccc(CC(C)(C)C(F)(F)F)cc1OC(F)F.O=S=O. The van der Waals surface area contributed by atoms with E-state index in [1.54, 1.807) is 6.92 Å². The maximum atomic E-state index is 13.4. The fraction of sp³-hybridized carbons (Fsp3) is 0.600. The zero-order valence-corrected chi connectivity index (χ0v) is 24.0. The van der Waals surface area contributed by atoms with Gasteiger partial charge in [-0.3, -0.25) is 9.48 Å². The van der Waals surface area contributed by atoms with E-state index in [0.29, 0.717) is 12.5 Å². The van der Waals surface area contributed by atoms with E-state index in [1.807, 2.05) is 0 Å². The standard InChI is InChI=1S/C25H32ClF5N4O2.O2S/c1-5-35-21(19(26)20(34-35)22(36)33-13-16-8-6-14(2)12-32-16)17-9-7-15(10-18(17)37-23(27)28)11-24(3,4)25(29,30)31;1-3-2/h7,9-10,14,16,23,32H,5-6,8,11-13H2,1-4H3,(H,33,36);/t14-,16-;/m0./s1. The van der Waals surface area contributed by atoms with Crippen LogP contribution < -0.4 is 15.4 Å². The molecule has 0 unspecified atom stereocenters. The zero-order chi connectivity index (χ0) is 30.3. The Kier molecular flexibility index (Phi) is 12.1. The van der Waals surface area contributed by atoms with Gasteiger partial charge in [-0.1, -0.05) is 38.4 Å². The molecule has 8 nitrogen and oxygen atoms in total. The molecule has 2 heterocycles. The molecule has 0 bridgehead atoms. The number of benzene rings is 1. The van der Waals surface area contributed by atoms with Gasteiger partial charge in [-0.15, -0.1) is 0 Å². The average Bonchev–Trinajstić information content (AvgIpc) is 3.19. The van der Waals surface area contributed by atoms with Gasteiger partial charge in [0.25, 0.3) is 5.91 Å².